The van der Waals surface area contributed by atoms with E-state index >= 15 is 0 Å². The van der Waals surface area contributed by atoms with Gasteiger partial charge in [-0.2, -0.15) is 5.26 Å². The molecule has 94 valence electrons. The summed E-state index contributed by atoms with van der Waals surface area (Å²) in [6.45, 7) is 0.538. The van der Waals surface area contributed by atoms with Crippen LogP contribution >= 0.6 is 0 Å². The number of ether oxygens (including phenoxy) is 1. The van der Waals surface area contributed by atoms with Crippen molar-refractivity contribution in [3.63, 3.8) is 0 Å². The Morgan fingerprint density at radius 1 is 1.21 bits per heavy atom. The van der Waals surface area contributed by atoms with Crippen LogP contribution in [0.3, 0.4) is 0 Å². The summed E-state index contributed by atoms with van der Waals surface area (Å²) in [6, 6.07) is 14.5. The molecule has 0 spiro atoms. The van der Waals surface area contributed by atoms with E-state index in [9.17, 15) is 4.39 Å². The van der Waals surface area contributed by atoms with Crippen LogP contribution < -0.4 is 0 Å². The third kappa shape index (κ3) is 2.23. The van der Waals surface area contributed by atoms with Crippen LogP contribution in [0.25, 0.3) is 0 Å². The first-order chi connectivity index (χ1) is 9.28. The molecular formula is C16H12FNO. The minimum Gasteiger partial charge on any atom is -0.364 e. The number of nitrogens with zero attached hydrogens (tertiary/aromatic N) is 1. The largest absolute Gasteiger partial charge is 0.364 e. The molecule has 0 N–H and O–H groups in total. The Kier molecular flexibility index (Phi) is 3.02. The van der Waals surface area contributed by atoms with Crippen molar-refractivity contribution in [3.8, 4) is 6.07 Å². The van der Waals surface area contributed by atoms with Crippen molar-refractivity contribution >= 4 is 0 Å². The van der Waals surface area contributed by atoms with E-state index in [1.165, 1.54) is 12.1 Å². The van der Waals surface area contributed by atoms with E-state index in [0.29, 0.717) is 13.0 Å². The molecule has 1 atom stereocenters. The average Bonchev–Trinajstić information content (AvgIpc) is 2.83. The maximum absolute atomic E-state index is 12.9. The maximum Gasteiger partial charge on any atom is 0.123 e. The van der Waals surface area contributed by atoms with Crippen LogP contribution in [0.4, 0.5) is 4.39 Å². The molecule has 1 unspecified atom stereocenters. The molecular weight excluding hydrogens is 241 g/mol. The SMILES string of the molecule is N#CCc1ccc2c(c1)COC2c1ccc(F)cc1. The highest BCUT2D eigenvalue weighted by Gasteiger charge is 2.24. The third-order valence-electron chi connectivity index (χ3n) is 3.35. The van der Waals surface area contributed by atoms with Crippen molar-refractivity contribution in [1.29, 1.82) is 5.26 Å². The van der Waals surface area contributed by atoms with Gasteiger partial charge in [-0.15, -0.1) is 0 Å². The number of halogens is 1. The monoisotopic (exact) mass is 253 g/mol. The lowest BCUT2D eigenvalue weighted by molar-refractivity contribution is 0.0939. The Bertz CT molecular complexity index is 643. The summed E-state index contributed by atoms with van der Waals surface area (Å²) in [5.41, 5.74) is 4.17. The molecule has 2 aromatic rings. The van der Waals surface area contributed by atoms with Crippen molar-refractivity contribution in [3.05, 3.63) is 70.5 Å². The van der Waals surface area contributed by atoms with Crippen molar-refractivity contribution in [2.45, 2.75) is 19.1 Å². The van der Waals surface area contributed by atoms with Gasteiger partial charge < -0.3 is 4.74 Å². The molecule has 3 heteroatoms. The molecule has 1 heterocycles. The molecule has 1 aliphatic heterocycles. The average molecular weight is 253 g/mol. The molecule has 0 fully saturated rings. The topological polar surface area (TPSA) is 33.0 Å². The van der Waals surface area contributed by atoms with Crippen LogP contribution in [0.5, 0.6) is 0 Å². The predicted molar refractivity (Wildman–Crippen MR) is 68.8 cm³/mol. The number of nitriles is 1. The van der Waals surface area contributed by atoms with Crippen molar-refractivity contribution in [2.24, 2.45) is 0 Å². The van der Waals surface area contributed by atoms with Crippen molar-refractivity contribution < 1.29 is 9.13 Å². The zero-order chi connectivity index (χ0) is 13.2. The van der Waals surface area contributed by atoms with E-state index in [-0.39, 0.29) is 11.9 Å². The number of fused-ring (bicyclic) bond motifs is 1. The lowest BCUT2D eigenvalue weighted by atomic mass is 9.97. The van der Waals surface area contributed by atoms with E-state index in [1.807, 2.05) is 18.2 Å². The predicted octanol–water partition coefficient (Wildman–Crippen LogP) is 3.51. The molecule has 0 saturated heterocycles. The minimum atomic E-state index is -0.244. The summed E-state index contributed by atoms with van der Waals surface area (Å²) in [5.74, 6) is -0.244. The van der Waals surface area contributed by atoms with Crippen LogP contribution in [-0.2, 0) is 17.8 Å². The summed E-state index contributed by atoms with van der Waals surface area (Å²) in [7, 11) is 0. The molecule has 0 radical (unpaired) electrons. The second kappa shape index (κ2) is 4.83. The second-order valence-electron chi connectivity index (χ2n) is 4.61. The van der Waals surface area contributed by atoms with Crippen molar-refractivity contribution in [2.75, 3.05) is 0 Å². The summed E-state index contributed by atoms with van der Waals surface area (Å²) in [4.78, 5) is 0. The van der Waals surface area contributed by atoms with E-state index in [4.69, 9.17) is 10.00 Å². The molecule has 2 nitrogen and oxygen atoms in total. The second-order valence-corrected chi connectivity index (χ2v) is 4.61. The van der Waals surface area contributed by atoms with Gasteiger partial charge in [0, 0.05) is 0 Å². The molecule has 1 aliphatic rings. The van der Waals surface area contributed by atoms with Gasteiger partial charge in [-0.25, -0.2) is 4.39 Å². The fraction of sp³-hybridized carbons (Fsp3) is 0.188. The minimum absolute atomic E-state index is 0.133. The van der Waals surface area contributed by atoms with E-state index < -0.39 is 0 Å². The standard InChI is InChI=1S/C16H12FNO/c17-14-4-2-12(3-5-14)16-15-6-1-11(7-8-18)9-13(15)10-19-16/h1-6,9,16H,7,10H2. The summed E-state index contributed by atoms with van der Waals surface area (Å²) in [5, 5.41) is 8.71. The highest BCUT2D eigenvalue weighted by molar-refractivity contribution is 5.41. The highest BCUT2D eigenvalue weighted by atomic mass is 19.1. The smallest absolute Gasteiger partial charge is 0.123 e. The fourth-order valence-corrected chi connectivity index (χ4v) is 2.42. The number of hydrogen-bond donors (Lipinski definition) is 0. The van der Waals surface area contributed by atoms with Crippen LogP contribution in [0.1, 0.15) is 28.4 Å². The number of hydrogen-bond acceptors (Lipinski definition) is 2. The van der Waals surface area contributed by atoms with Gasteiger partial charge in [-0.05, 0) is 34.4 Å². The van der Waals surface area contributed by atoms with Crippen LogP contribution in [-0.4, -0.2) is 0 Å². The van der Waals surface area contributed by atoms with Crippen LogP contribution in [0.15, 0.2) is 42.5 Å². The Morgan fingerprint density at radius 2 is 2.00 bits per heavy atom. The van der Waals surface area contributed by atoms with Gasteiger partial charge in [0.1, 0.15) is 11.9 Å². The summed E-state index contributed by atoms with van der Waals surface area (Å²) >= 11 is 0. The lowest BCUT2D eigenvalue weighted by Gasteiger charge is -2.11. The van der Waals surface area contributed by atoms with E-state index in [2.05, 4.69) is 6.07 Å². The molecule has 0 saturated carbocycles. The van der Waals surface area contributed by atoms with E-state index in [0.717, 1.165) is 22.3 Å². The quantitative estimate of drug-likeness (QED) is 0.820. The van der Waals surface area contributed by atoms with Gasteiger partial charge >= 0.3 is 0 Å². The van der Waals surface area contributed by atoms with Crippen molar-refractivity contribution in [1.82, 2.24) is 0 Å². The first kappa shape index (κ1) is 11.9. The molecule has 2 aromatic carbocycles. The first-order valence-electron chi connectivity index (χ1n) is 6.13. The number of benzene rings is 2. The van der Waals surface area contributed by atoms with Gasteiger partial charge in [-0.1, -0.05) is 30.3 Å². The zero-order valence-electron chi connectivity index (χ0n) is 10.3. The molecule has 3 rings (SSSR count). The van der Waals surface area contributed by atoms with Gasteiger partial charge in [0.05, 0.1) is 19.1 Å². The molecule has 19 heavy (non-hydrogen) atoms. The van der Waals surface area contributed by atoms with Gasteiger partial charge in [0.15, 0.2) is 0 Å². The molecule has 0 amide bonds. The van der Waals surface area contributed by atoms with Crippen LogP contribution in [0, 0.1) is 17.1 Å². The maximum atomic E-state index is 12.9. The first-order valence-corrected chi connectivity index (χ1v) is 6.13. The van der Waals surface area contributed by atoms with Gasteiger partial charge in [0.2, 0.25) is 0 Å². The Labute approximate surface area is 111 Å². The van der Waals surface area contributed by atoms with E-state index in [1.54, 1.807) is 12.1 Å². The number of rotatable bonds is 2. The van der Waals surface area contributed by atoms with Gasteiger partial charge in [0.25, 0.3) is 0 Å². The zero-order valence-corrected chi connectivity index (χ0v) is 10.3. The fourth-order valence-electron chi connectivity index (χ4n) is 2.42. The van der Waals surface area contributed by atoms with Gasteiger partial charge in [-0.3, -0.25) is 0 Å². The van der Waals surface area contributed by atoms with Crippen LogP contribution in [0.2, 0.25) is 0 Å². The highest BCUT2D eigenvalue weighted by Crippen LogP contribution is 2.36. The molecule has 0 aliphatic carbocycles. The lowest BCUT2D eigenvalue weighted by Crippen LogP contribution is -1.98. The Balaban J connectivity index is 1.94. The Morgan fingerprint density at radius 3 is 2.74 bits per heavy atom. The summed E-state index contributed by atoms with van der Waals surface area (Å²) in [6.07, 6.45) is 0.279. The summed E-state index contributed by atoms with van der Waals surface area (Å²) < 4.78 is 18.7. The molecule has 0 aromatic heterocycles. The third-order valence-corrected chi connectivity index (χ3v) is 3.35. The Hall–Kier alpha value is -2.18. The molecule has 0 bridgehead atoms. The normalized spacial score (nSPS) is 16.9.